The molecule has 2 bridgehead atoms. The van der Waals surface area contributed by atoms with Crippen molar-refractivity contribution in [2.24, 2.45) is 5.92 Å². The largest absolute Gasteiger partial charge is 0.314 e. The normalized spacial score (nSPS) is 42.7. The summed E-state index contributed by atoms with van der Waals surface area (Å²) in [6.07, 6.45) is 7.34. The lowest BCUT2D eigenvalue weighted by Crippen LogP contribution is -2.40. The van der Waals surface area contributed by atoms with Crippen LogP contribution in [0.5, 0.6) is 0 Å². The van der Waals surface area contributed by atoms with Gasteiger partial charge in [-0.05, 0) is 31.7 Å². The smallest absolute Gasteiger partial charge is 0.00697 e. The minimum Gasteiger partial charge on any atom is -0.314 e. The van der Waals surface area contributed by atoms with Crippen LogP contribution >= 0.6 is 0 Å². The van der Waals surface area contributed by atoms with Crippen molar-refractivity contribution < 1.29 is 0 Å². The molecule has 1 N–H and O–H groups in total. The molecule has 1 heterocycles. The highest BCUT2D eigenvalue weighted by Crippen LogP contribution is 2.29. The first-order valence-corrected chi connectivity index (χ1v) is 4.18. The average Bonchev–Trinajstić information content (AvgIpc) is 1.88. The Hall–Kier alpha value is -0.0400. The van der Waals surface area contributed by atoms with Gasteiger partial charge >= 0.3 is 0 Å². The third-order valence-electron chi connectivity index (χ3n) is 2.77. The van der Waals surface area contributed by atoms with Gasteiger partial charge in [-0.15, -0.1) is 0 Å². The SMILES string of the molecule is C1C[C@@H]2CCN[C@@H](C1)C2. The fourth-order valence-electron chi connectivity index (χ4n) is 2.23. The summed E-state index contributed by atoms with van der Waals surface area (Å²) in [6, 6.07) is 0.900. The predicted molar refractivity (Wildman–Crippen MR) is 38.4 cm³/mol. The van der Waals surface area contributed by atoms with Gasteiger partial charge in [0.25, 0.3) is 0 Å². The average molecular weight is 125 g/mol. The Labute approximate surface area is 56.8 Å². The molecule has 2 rings (SSSR count). The van der Waals surface area contributed by atoms with Gasteiger partial charge in [0.05, 0.1) is 0 Å². The lowest BCUT2D eigenvalue weighted by molar-refractivity contribution is 0.225. The molecule has 9 heavy (non-hydrogen) atoms. The van der Waals surface area contributed by atoms with Crippen LogP contribution in [-0.4, -0.2) is 12.6 Å². The summed E-state index contributed by atoms with van der Waals surface area (Å²) < 4.78 is 0. The topological polar surface area (TPSA) is 12.0 Å². The Morgan fingerprint density at radius 3 is 2.89 bits per heavy atom. The van der Waals surface area contributed by atoms with Crippen molar-refractivity contribution in [1.29, 1.82) is 0 Å². The van der Waals surface area contributed by atoms with Gasteiger partial charge in [-0.25, -0.2) is 0 Å². The summed E-state index contributed by atoms with van der Waals surface area (Å²) in [5.74, 6) is 1.09. The molecule has 1 saturated carbocycles. The Balaban J connectivity index is 1.96. The van der Waals surface area contributed by atoms with E-state index in [1.165, 1.54) is 38.6 Å². The third-order valence-corrected chi connectivity index (χ3v) is 2.77. The van der Waals surface area contributed by atoms with Gasteiger partial charge in [-0.2, -0.15) is 0 Å². The van der Waals surface area contributed by atoms with E-state index < -0.39 is 0 Å². The second-order valence-corrected chi connectivity index (χ2v) is 3.47. The maximum atomic E-state index is 3.55. The second kappa shape index (κ2) is 2.30. The maximum Gasteiger partial charge on any atom is 0.00697 e. The van der Waals surface area contributed by atoms with Crippen molar-refractivity contribution >= 4 is 0 Å². The van der Waals surface area contributed by atoms with E-state index >= 15 is 0 Å². The first kappa shape index (κ1) is 5.72. The van der Waals surface area contributed by atoms with Crippen molar-refractivity contribution in [3.8, 4) is 0 Å². The maximum absolute atomic E-state index is 3.55. The van der Waals surface area contributed by atoms with Crippen molar-refractivity contribution in [2.75, 3.05) is 6.54 Å². The predicted octanol–water partition coefficient (Wildman–Crippen LogP) is 1.54. The fourth-order valence-corrected chi connectivity index (χ4v) is 2.23. The molecule has 1 aliphatic heterocycles. The van der Waals surface area contributed by atoms with Crippen LogP contribution in [-0.2, 0) is 0 Å². The molecule has 0 aromatic rings. The molecule has 2 fully saturated rings. The summed E-state index contributed by atoms with van der Waals surface area (Å²) in [5.41, 5.74) is 0. The number of piperidine rings is 1. The van der Waals surface area contributed by atoms with Crippen LogP contribution in [0.1, 0.15) is 32.1 Å². The third kappa shape index (κ3) is 1.11. The molecule has 0 spiro atoms. The van der Waals surface area contributed by atoms with Crippen molar-refractivity contribution in [2.45, 2.75) is 38.1 Å². The molecule has 1 aliphatic carbocycles. The molecule has 52 valence electrons. The van der Waals surface area contributed by atoms with E-state index in [2.05, 4.69) is 5.32 Å². The standard InChI is InChI=1S/C8H15N/c1-2-7-4-5-9-8(3-1)6-7/h7-9H,1-6H2/t7-,8+/m1/s1. The molecule has 0 aromatic heterocycles. The van der Waals surface area contributed by atoms with Gasteiger partial charge < -0.3 is 5.32 Å². The summed E-state index contributed by atoms with van der Waals surface area (Å²) in [6.45, 7) is 1.29. The molecule has 0 aromatic carbocycles. The van der Waals surface area contributed by atoms with Crippen molar-refractivity contribution in [3.63, 3.8) is 0 Å². The number of rotatable bonds is 0. The van der Waals surface area contributed by atoms with Crippen LogP contribution in [0.3, 0.4) is 0 Å². The summed E-state index contributed by atoms with van der Waals surface area (Å²) in [4.78, 5) is 0. The highest BCUT2D eigenvalue weighted by atomic mass is 14.9. The second-order valence-electron chi connectivity index (χ2n) is 3.47. The van der Waals surface area contributed by atoms with E-state index in [1.54, 1.807) is 0 Å². The Morgan fingerprint density at radius 1 is 1.11 bits per heavy atom. The van der Waals surface area contributed by atoms with E-state index in [9.17, 15) is 0 Å². The van der Waals surface area contributed by atoms with Crippen LogP contribution in [0, 0.1) is 5.92 Å². The number of fused-ring (bicyclic) bond motifs is 2. The van der Waals surface area contributed by atoms with Gasteiger partial charge in [-0.1, -0.05) is 12.8 Å². The highest BCUT2D eigenvalue weighted by molar-refractivity contribution is 4.82. The minimum atomic E-state index is 0.900. The van der Waals surface area contributed by atoms with E-state index in [-0.39, 0.29) is 0 Å². The first-order chi connectivity index (χ1) is 4.45. The minimum absolute atomic E-state index is 0.900. The molecule has 2 aliphatic rings. The molecule has 0 radical (unpaired) electrons. The van der Waals surface area contributed by atoms with E-state index in [0.29, 0.717) is 0 Å². The Morgan fingerprint density at radius 2 is 2.11 bits per heavy atom. The van der Waals surface area contributed by atoms with Crippen LogP contribution < -0.4 is 5.32 Å². The number of hydrogen-bond donors (Lipinski definition) is 1. The lowest BCUT2D eigenvalue weighted by atomic mass is 9.81. The molecule has 1 saturated heterocycles. The summed E-state index contributed by atoms with van der Waals surface area (Å²) in [5, 5.41) is 3.55. The molecule has 2 atom stereocenters. The monoisotopic (exact) mass is 125 g/mol. The van der Waals surface area contributed by atoms with Gasteiger partial charge in [0.2, 0.25) is 0 Å². The van der Waals surface area contributed by atoms with Crippen LogP contribution in [0.4, 0.5) is 0 Å². The van der Waals surface area contributed by atoms with Gasteiger partial charge in [0, 0.05) is 6.04 Å². The zero-order valence-corrected chi connectivity index (χ0v) is 5.90. The molecule has 1 nitrogen and oxygen atoms in total. The zero-order chi connectivity index (χ0) is 6.10. The van der Waals surface area contributed by atoms with Gasteiger partial charge in [-0.3, -0.25) is 0 Å². The van der Waals surface area contributed by atoms with Crippen molar-refractivity contribution in [1.82, 2.24) is 5.32 Å². The first-order valence-electron chi connectivity index (χ1n) is 4.18. The van der Waals surface area contributed by atoms with E-state index in [1.807, 2.05) is 0 Å². The van der Waals surface area contributed by atoms with Crippen LogP contribution in [0.25, 0.3) is 0 Å². The van der Waals surface area contributed by atoms with Crippen LogP contribution in [0.2, 0.25) is 0 Å². The Kier molecular flexibility index (Phi) is 1.46. The van der Waals surface area contributed by atoms with E-state index in [0.717, 1.165) is 12.0 Å². The molecule has 1 heteroatoms. The number of nitrogens with one attached hydrogen (secondary N) is 1. The summed E-state index contributed by atoms with van der Waals surface area (Å²) in [7, 11) is 0. The fraction of sp³-hybridized carbons (Fsp3) is 1.00. The molecular weight excluding hydrogens is 110 g/mol. The van der Waals surface area contributed by atoms with Gasteiger partial charge in [0.15, 0.2) is 0 Å². The summed E-state index contributed by atoms with van der Waals surface area (Å²) >= 11 is 0. The van der Waals surface area contributed by atoms with Gasteiger partial charge in [0.1, 0.15) is 0 Å². The molecular formula is C8H15N. The van der Waals surface area contributed by atoms with Crippen LogP contribution in [0.15, 0.2) is 0 Å². The zero-order valence-electron chi connectivity index (χ0n) is 5.90. The highest BCUT2D eigenvalue weighted by Gasteiger charge is 2.24. The van der Waals surface area contributed by atoms with Crippen molar-refractivity contribution in [3.05, 3.63) is 0 Å². The Bertz CT molecular complexity index is 80.7. The molecule has 0 unspecified atom stereocenters. The lowest BCUT2D eigenvalue weighted by Gasteiger charge is -2.34. The molecule has 0 amide bonds. The quantitative estimate of drug-likeness (QED) is 0.518. The van der Waals surface area contributed by atoms with E-state index in [4.69, 9.17) is 0 Å². The number of hydrogen-bond acceptors (Lipinski definition) is 1.